The second kappa shape index (κ2) is 5.31. The molecular weight excluding hydrogens is 288 g/mol. The Morgan fingerprint density at radius 2 is 1.95 bits per heavy atom. The van der Waals surface area contributed by atoms with Gasteiger partial charge in [-0.05, 0) is 36.0 Å². The van der Waals surface area contributed by atoms with Crippen LogP contribution in [0, 0.1) is 0 Å². The van der Waals surface area contributed by atoms with Crippen molar-refractivity contribution in [2.45, 2.75) is 30.1 Å². The first-order chi connectivity index (χ1) is 8.87. The molecule has 1 aromatic carbocycles. The lowest BCUT2D eigenvalue weighted by Crippen LogP contribution is -2.30. The van der Waals surface area contributed by atoms with E-state index < -0.39 is 9.05 Å². The fourth-order valence-electron chi connectivity index (χ4n) is 2.35. The molecule has 1 aliphatic rings. The van der Waals surface area contributed by atoms with Crippen molar-refractivity contribution >= 4 is 19.7 Å². The standard InChI is InChI=1S/C13H17ClO4S/c1-13(5-7-18-8-6-13)10-3-4-11(17-2)12(9-10)19(14,15)16/h3-4,9H,5-8H2,1-2H3. The van der Waals surface area contributed by atoms with Gasteiger partial charge in [-0.1, -0.05) is 13.0 Å². The molecule has 2 rings (SSSR count). The Kier molecular flexibility index (Phi) is 4.08. The quantitative estimate of drug-likeness (QED) is 0.806. The molecule has 0 aromatic heterocycles. The molecule has 19 heavy (non-hydrogen) atoms. The zero-order chi connectivity index (χ0) is 14.1. The SMILES string of the molecule is COc1ccc(C2(C)CCOCC2)cc1S(=O)(=O)Cl. The van der Waals surface area contributed by atoms with Crippen molar-refractivity contribution < 1.29 is 17.9 Å². The van der Waals surface area contributed by atoms with Crippen LogP contribution in [-0.4, -0.2) is 28.7 Å². The summed E-state index contributed by atoms with van der Waals surface area (Å²) < 4.78 is 33.6. The fraction of sp³-hybridized carbons (Fsp3) is 0.538. The summed E-state index contributed by atoms with van der Waals surface area (Å²) in [7, 11) is 3.08. The van der Waals surface area contributed by atoms with Crippen LogP contribution in [0.25, 0.3) is 0 Å². The molecule has 0 atom stereocenters. The van der Waals surface area contributed by atoms with Crippen LogP contribution in [0.4, 0.5) is 0 Å². The molecule has 1 fully saturated rings. The smallest absolute Gasteiger partial charge is 0.264 e. The topological polar surface area (TPSA) is 52.6 Å². The number of rotatable bonds is 3. The zero-order valence-electron chi connectivity index (χ0n) is 11.0. The zero-order valence-corrected chi connectivity index (χ0v) is 12.6. The van der Waals surface area contributed by atoms with Gasteiger partial charge in [0.25, 0.3) is 9.05 Å². The van der Waals surface area contributed by atoms with Crippen molar-refractivity contribution in [2.24, 2.45) is 0 Å². The van der Waals surface area contributed by atoms with E-state index in [1.165, 1.54) is 7.11 Å². The fourth-order valence-corrected chi connectivity index (χ4v) is 3.37. The van der Waals surface area contributed by atoms with E-state index in [4.69, 9.17) is 20.2 Å². The number of hydrogen-bond acceptors (Lipinski definition) is 4. The normalized spacial score (nSPS) is 19.1. The molecule has 0 saturated carbocycles. The van der Waals surface area contributed by atoms with Crippen LogP contribution in [0.2, 0.25) is 0 Å². The third-order valence-electron chi connectivity index (χ3n) is 3.72. The molecule has 1 heterocycles. The summed E-state index contributed by atoms with van der Waals surface area (Å²) in [5.41, 5.74) is 0.872. The Morgan fingerprint density at radius 1 is 1.32 bits per heavy atom. The second-order valence-corrected chi connectivity index (χ2v) is 7.51. The van der Waals surface area contributed by atoms with E-state index >= 15 is 0 Å². The number of methoxy groups -OCH3 is 1. The van der Waals surface area contributed by atoms with Gasteiger partial charge in [-0.3, -0.25) is 0 Å². The first kappa shape index (κ1) is 14.6. The average Bonchev–Trinajstić information content (AvgIpc) is 2.38. The number of benzene rings is 1. The molecule has 1 aliphatic heterocycles. The maximum atomic E-state index is 11.6. The van der Waals surface area contributed by atoms with E-state index in [0.717, 1.165) is 18.4 Å². The minimum atomic E-state index is -3.82. The van der Waals surface area contributed by atoms with Gasteiger partial charge in [0.2, 0.25) is 0 Å². The van der Waals surface area contributed by atoms with E-state index in [1.807, 2.05) is 6.07 Å². The highest BCUT2D eigenvalue weighted by molar-refractivity contribution is 8.13. The molecule has 106 valence electrons. The van der Waals surface area contributed by atoms with Gasteiger partial charge in [0.15, 0.2) is 0 Å². The van der Waals surface area contributed by atoms with E-state index in [-0.39, 0.29) is 16.1 Å². The van der Waals surface area contributed by atoms with Crippen LogP contribution in [0.15, 0.2) is 23.1 Å². The van der Waals surface area contributed by atoms with Gasteiger partial charge in [-0.2, -0.15) is 0 Å². The molecule has 0 spiro atoms. The van der Waals surface area contributed by atoms with E-state index in [1.54, 1.807) is 12.1 Å². The van der Waals surface area contributed by atoms with E-state index in [2.05, 4.69) is 6.92 Å². The molecule has 0 radical (unpaired) electrons. The Hall–Kier alpha value is -0.780. The number of ether oxygens (including phenoxy) is 2. The Morgan fingerprint density at radius 3 is 2.47 bits per heavy atom. The predicted molar refractivity (Wildman–Crippen MR) is 73.4 cm³/mol. The largest absolute Gasteiger partial charge is 0.495 e. The Labute approximate surface area is 118 Å². The van der Waals surface area contributed by atoms with Crippen LogP contribution < -0.4 is 4.74 Å². The minimum Gasteiger partial charge on any atom is -0.495 e. The highest BCUT2D eigenvalue weighted by Crippen LogP contribution is 2.38. The summed E-state index contributed by atoms with van der Waals surface area (Å²) in [5.74, 6) is 0.273. The van der Waals surface area contributed by atoms with Crippen molar-refractivity contribution in [3.05, 3.63) is 23.8 Å². The van der Waals surface area contributed by atoms with Crippen molar-refractivity contribution in [3.8, 4) is 5.75 Å². The predicted octanol–water partition coefficient (Wildman–Crippen LogP) is 2.69. The lowest BCUT2D eigenvalue weighted by Gasteiger charge is -2.34. The van der Waals surface area contributed by atoms with Crippen LogP contribution in [0.1, 0.15) is 25.3 Å². The maximum absolute atomic E-state index is 11.6. The molecule has 0 bridgehead atoms. The van der Waals surface area contributed by atoms with Gasteiger partial charge in [0, 0.05) is 23.9 Å². The average molecular weight is 305 g/mol. The van der Waals surface area contributed by atoms with Gasteiger partial charge in [-0.25, -0.2) is 8.42 Å². The van der Waals surface area contributed by atoms with Crippen LogP contribution in [0.5, 0.6) is 5.75 Å². The monoisotopic (exact) mass is 304 g/mol. The van der Waals surface area contributed by atoms with Crippen LogP contribution in [-0.2, 0) is 19.2 Å². The summed E-state index contributed by atoms with van der Waals surface area (Å²) in [4.78, 5) is 0.0295. The number of halogens is 1. The Bertz CT molecular complexity index is 562. The molecule has 1 saturated heterocycles. The van der Waals surface area contributed by atoms with Gasteiger partial charge < -0.3 is 9.47 Å². The maximum Gasteiger partial charge on any atom is 0.264 e. The highest BCUT2D eigenvalue weighted by Gasteiger charge is 2.31. The molecule has 4 nitrogen and oxygen atoms in total. The molecule has 6 heteroatoms. The molecule has 1 aromatic rings. The third kappa shape index (κ3) is 3.04. The van der Waals surface area contributed by atoms with Crippen molar-refractivity contribution in [1.29, 1.82) is 0 Å². The van der Waals surface area contributed by atoms with Crippen molar-refractivity contribution in [1.82, 2.24) is 0 Å². The number of hydrogen-bond donors (Lipinski definition) is 0. The van der Waals surface area contributed by atoms with Crippen molar-refractivity contribution in [3.63, 3.8) is 0 Å². The summed E-state index contributed by atoms with van der Waals surface area (Å²) in [5, 5.41) is 0. The summed E-state index contributed by atoms with van der Waals surface area (Å²) >= 11 is 0. The third-order valence-corrected chi connectivity index (χ3v) is 5.06. The molecular formula is C13H17ClO4S. The molecule has 0 N–H and O–H groups in total. The second-order valence-electron chi connectivity index (χ2n) is 4.98. The highest BCUT2D eigenvalue weighted by atomic mass is 35.7. The summed E-state index contributed by atoms with van der Waals surface area (Å²) in [6.45, 7) is 3.49. The first-order valence-corrected chi connectivity index (χ1v) is 8.39. The van der Waals surface area contributed by atoms with Gasteiger partial charge in [0.1, 0.15) is 10.6 Å². The Balaban J connectivity index is 2.49. The van der Waals surface area contributed by atoms with Gasteiger partial charge in [0.05, 0.1) is 7.11 Å². The lowest BCUT2D eigenvalue weighted by molar-refractivity contribution is 0.0563. The minimum absolute atomic E-state index is 0.0295. The summed E-state index contributed by atoms with van der Waals surface area (Å²) in [6, 6.07) is 5.17. The van der Waals surface area contributed by atoms with E-state index in [9.17, 15) is 8.42 Å². The van der Waals surface area contributed by atoms with Crippen LogP contribution in [0.3, 0.4) is 0 Å². The van der Waals surface area contributed by atoms with Gasteiger partial charge in [-0.15, -0.1) is 0 Å². The summed E-state index contributed by atoms with van der Waals surface area (Å²) in [6.07, 6.45) is 1.72. The van der Waals surface area contributed by atoms with E-state index in [0.29, 0.717) is 13.2 Å². The lowest BCUT2D eigenvalue weighted by atomic mass is 9.76. The van der Waals surface area contributed by atoms with Crippen molar-refractivity contribution in [2.75, 3.05) is 20.3 Å². The molecule has 0 amide bonds. The molecule has 0 aliphatic carbocycles. The van der Waals surface area contributed by atoms with Crippen LogP contribution >= 0.6 is 10.7 Å². The first-order valence-electron chi connectivity index (χ1n) is 6.08. The van der Waals surface area contributed by atoms with Gasteiger partial charge >= 0.3 is 0 Å². The molecule has 0 unspecified atom stereocenters.